The molecule has 24 heteroatoms. The van der Waals surface area contributed by atoms with E-state index in [4.69, 9.17) is 4.74 Å². The number of hydrogen-bond donors (Lipinski definition) is 5. The van der Waals surface area contributed by atoms with Crippen LogP contribution in [0, 0.1) is 0 Å². The predicted octanol–water partition coefficient (Wildman–Crippen LogP) is 4.84. The number of nitrogens with zero attached hydrogens (tertiary/aromatic N) is 2. The summed E-state index contributed by atoms with van der Waals surface area (Å²) in [6, 6.07) is 13.0. The van der Waals surface area contributed by atoms with Crippen LogP contribution in [-0.4, -0.2) is 112 Å². The Labute approximate surface area is 370 Å². The molecular formula is C40H45N2O17S5+. The Morgan fingerprint density at radius 2 is 1.31 bits per heavy atom. The second-order valence-corrected chi connectivity index (χ2v) is 23.7. The average Bonchev–Trinajstić information content (AvgIpc) is 3.51. The van der Waals surface area contributed by atoms with Gasteiger partial charge < -0.3 is 9.64 Å². The quantitative estimate of drug-likeness (QED) is 0.0506. The number of ether oxygens (including phenoxy) is 1. The fourth-order valence-corrected chi connectivity index (χ4v) is 11.8. The van der Waals surface area contributed by atoms with Gasteiger partial charge in [0.25, 0.3) is 57.1 Å². The molecule has 5 N–H and O–H groups in total. The van der Waals surface area contributed by atoms with Crippen LogP contribution in [0.25, 0.3) is 21.5 Å². The summed E-state index contributed by atoms with van der Waals surface area (Å²) in [4.78, 5) is 10.9. The molecule has 1 unspecified atom stereocenters. The van der Waals surface area contributed by atoms with Gasteiger partial charge in [-0.15, -0.1) is 0 Å². The molecule has 0 saturated carbocycles. The van der Waals surface area contributed by atoms with Gasteiger partial charge in [0.1, 0.15) is 17.2 Å². The van der Waals surface area contributed by atoms with Gasteiger partial charge in [-0.2, -0.15) is 46.7 Å². The lowest BCUT2D eigenvalue weighted by molar-refractivity contribution is -0.437. The molecule has 2 aliphatic heterocycles. The summed E-state index contributed by atoms with van der Waals surface area (Å²) in [5.74, 6) is -1.69. The predicted molar refractivity (Wildman–Crippen MR) is 237 cm³/mol. The van der Waals surface area contributed by atoms with Crippen molar-refractivity contribution in [2.75, 3.05) is 35.2 Å². The maximum Gasteiger partial charge on any atom is 0.298 e. The van der Waals surface area contributed by atoms with Gasteiger partial charge in [0.15, 0.2) is 5.71 Å². The van der Waals surface area contributed by atoms with Gasteiger partial charge in [-0.3, -0.25) is 27.6 Å². The van der Waals surface area contributed by atoms with Gasteiger partial charge in [0, 0.05) is 52.9 Å². The van der Waals surface area contributed by atoms with Gasteiger partial charge in [-0.05, 0) is 104 Å². The fraction of sp³-hybridized carbons (Fsp3) is 0.350. The number of allylic oxidation sites excluding steroid dienone is 4. The first-order valence-corrected chi connectivity index (χ1v) is 27.1. The van der Waals surface area contributed by atoms with E-state index in [2.05, 4.69) is 0 Å². The molecule has 2 heterocycles. The van der Waals surface area contributed by atoms with Crippen LogP contribution in [0.5, 0.6) is 5.75 Å². The Hall–Kier alpha value is -4.63. The van der Waals surface area contributed by atoms with Gasteiger partial charge >= 0.3 is 0 Å². The highest BCUT2D eigenvalue weighted by Crippen LogP contribution is 2.54. The van der Waals surface area contributed by atoms with E-state index in [1.54, 1.807) is 54.3 Å². The highest BCUT2D eigenvalue weighted by atomic mass is 32.2. The number of rotatable bonds is 18. The minimum absolute atomic E-state index is 0.00376. The maximum absolute atomic E-state index is 12.7. The smallest absolute Gasteiger partial charge is 0.298 e. The van der Waals surface area contributed by atoms with Crippen molar-refractivity contribution >= 4 is 95.7 Å². The van der Waals surface area contributed by atoms with Crippen LogP contribution in [-0.2, 0) is 66.2 Å². The van der Waals surface area contributed by atoms with E-state index in [-0.39, 0.29) is 60.8 Å². The second kappa shape index (κ2) is 17.3. The van der Waals surface area contributed by atoms with Crippen molar-refractivity contribution in [3.8, 4) is 5.75 Å². The standard InChI is InChI=1S/C40H44N2O17S5/c1-39(2)35(41(17-6-20-61(47,48)49)32-14-10-26-22-27(59-25-43)11-12-29(26)37(32)39)8-4-9-36-40(3,16-5-19-60(44,45)46)38-31-23-28(63(53,54)55)24-34(64(56,57)58)30(31)13-15-33(38)42(36)18-7-21-62(50,51)52/h4,8-15,22-25H,5-7,16-21H2,1-3H3,(H4-,44,45,46,47,48,49,50,51,52,53,54,55,56,57,58)/p+1. The van der Waals surface area contributed by atoms with Crippen LogP contribution in [0.4, 0.5) is 11.4 Å². The van der Waals surface area contributed by atoms with E-state index in [9.17, 15) is 69.6 Å². The van der Waals surface area contributed by atoms with E-state index in [0.717, 1.165) is 22.4 Å². The highest BCUT2D eigenvalue weighted by molar-refractivity contribution is 7.87. The topological polar surface area (TPSA) is 304 Å². The molecule has 346 valence electrons. The van der Waals surface area contributed by atoms with Crippen molar-refractivity contribution in [2.24, 2.45) is 0 Å². The summed E-state index contributed by atoms with van der Waals surface area (Å²) in [6.45, 7) is 5.76. The van der Waals surface area contributed by atoms with Crippen LogP contribution in [0.1, 0.15) is 57.6 Å². The zero-order valence-electron chi connectivity index (χ0n) is 34.4. The first-order valence-electron chi connectivity index (χ1n) is 19.4. The largest absolute Gasteiger partial charge is 0.429 e. The van der Waals surface area contributed by atoms with Crippen molar-refractivity contribution < 1.29 is 79.0 Å². The number of carbonyl (C=O) groups excluding carboxylic acids is 1. The normalized spacial score (nSPS) is 18.7. The number of benzene rings is 4. The van der Waals surface area contributed by atoms with E-state index in [0.29, 0.717) is 35.4 Å². The number of carbonyl (C=O) groups is 1. The molecule has 0 amide bonds. The lowest BCUT2D eigenvalue weighted by Crippen LogP contribution is -2.31. The molecule has 1 atom stereocenters. The van der Waals surface area contributed by atoms with Crippen molar-refractivity contribution in [2.45, 2.75) is 67.1 Å². The van der Waals surface area contributed by atoms with Gasteiger partial charge in [-0.1, -0.05) is 18.2 Å². The van der Waals surface area contributed by atoms with E-state index < -0.39 is 88.5 Å². The Bertz CT molecular complexity index is 3270. The minimum Gasteiger partial charge on any atom is -0.429 e. The molecule has 4 aromatic rings. The Kier molecular flexibility index (Phi) is 13.2. The lowest BCUT2D eigenvalue weighted by atomic mass is 9.75. The second-order valence-electron chi connectivity index (χ2n) is 16.2. The summed E-state index contributed by atoms with van der Waals surface area (Å²) in [7, 11) is -23.6. The van der Waals surface area contributed by atoms with E-state index in [1.165, 1.54) is 12.1 Å². The molecule has 6 rings (SSSR count). The highest BCUT2D eigenvalue weighted by Gasteiger charge is 2.47. The molecule has 19 nitrogen and oxygen atoms in total. The first kappa shape index (κ1) is 48.8. The summed E-state index contributed by atoms with van der Waals surface area (Å²) < 4.78 is 178. The van der Waals surface area contributed by atoms with Gasteiger partial charge in [0.05, 0.1) is 27.6 Å². The number of fused-ring (bicyclic) bond motifs is 6. The summed E-state index contributed by atoms with van der Waals surface area (Å²) >= 11 is 0. The van der Waals surface area contributed by atoms with Gasteiger partial charge in [0.2, 0.25) is 5.69 Å². The summed E-state index contributed by atoms with van der Waals surface area (Å²) in [6.07, 6.45) is 4.46. The zero-order valence-corrected chi connectivity index (χ0v) is 38.5. The van der Waals surface area contributed by atoms with Crippen molar-refractivity contribution in [1.29, 1.82) is 0 Å². The zero-order chi connectivity index (χ0) is 47.4. The first-order chi connectivity index (χ1) is 29.5. The van der Waals surface area contributed by atoms with E-state index in [1.807, 2.05) is 24.5 Å². The summed E-state index contributed by atoms with van der Waals surface area (Å²) in [5.41, 5.74) is 0.712. The minimum atomic E-state index is -5.15. The molecule has 0 spiro atoms. The Balaban J connectivity index is 1.61. The Morgan fingerprint density at radius 1 is 0.688 bits per heavy atom. The monoisotopic (exact) mass is 985 g/mol. The molecular weight excluding hydrogens is 941 g/mol. The maximum atomic E-state index is 12.7. The van der Waals surface area contributed by atoms with Crippen molar-refractivity contribution in [1.82, 2.24) is 0 Å². The molecule has 0 radical (unpaired) electrons. The number of hydrogen-bond acceptors (Lipinski definition) is 13. The fourth-order valence-electron chi connectivity index (χ4n) is 8.94. The SMILES string of the molecule is CC1(C)C(/C=C/C=C2/N(CCCS(=O)(=O)O)c3ccc4c(S(=O)(=O)O)cc(S(=O)(=O)O)cc4c3C2(C)CCCS(=O)(=O)O)=[N+](CCCS(=O)(=O)O)c2ccc3cc(OC=O)ccc3c21. The third-order valence-electron chi connectivity index (χ3n) is 11.5. The van der Waals surface area contributed by atoms with Crippen molar-refractivity contribution in [3.05, 3.63) is 89.6 Å². The Morgan fingerprint density at radius 3 is 1.92 bits per heavy atom. The molecule has 0 saturated heterocycles. The number of anilines is 1. The van der Waals surface area contributed by atoms with Crippen LogP contribution in [0.3, 0.4) is 0 Å². The average molecular weight is 986 g/mol. The molecule has 4 aromatic carbocycles. The van der Waals surface area contributed by atoms with Crippen LogP contribution >= 0.6 is 0 Å². The molecule has 2 aliphatic rings. The molecule has 64 heavy (non-hydrogen) atoms. The van der Waals surface area contributed by atoms with Crippen LogP contribution in [0.15, 0.2) is 88.3 Å². The molecule has 0 aliphatic carbocycles. The summed E-state index contributed by atoms with van der Waals surface area (Å²) in [5, 5.41) is 1.23. The van der Waals surface area contributed by atoms with Crippen molar-refractivity contribution in [3.63, 3.8) is 0 Å². The molecule has 0 aromatic heterocycles. The molecule has 0 fully saturated rings. The van der Waals surface area contributed by atoms with Crippen LogP contribution in [0.2, 0.25) is 0 Å². The third kappa shape index (κ3) is 10.2. The van der Waals surface area contributed by atoms with Crippen LogP contribution < -0.4 is 9.64 Å². The van der Waals surface area contributed by atoms with Gasteiger partial charge in [-0.25, -0.2) is 0 Å². The lowest BCUT2D eigenvalue weighted by Gasteiger charge is -2.31. The third-order valence-corrected chi connectivity index (χ3v) is 15.6. The van der Waals surface area contributed by atoms with E-state index >= 15 is 0 Å². The molecule has 0 bridgehead atoms.